The molecule has 0 fully saturated rings. The summed E-state index contributed by atoms with van der Waals surface area (Å²) in [5, 5.41) is 0. The average Bonchev–Trinajstić information content (AvgIpc) is 2.20. The van der Waals surface area contributed by atoms with Crippen molar-refractivity contribution in [3.63, 3.8) is 0 Å². The second-order valence-electron chi connectivity index (χ2n) is 3.38. The van der Waals surface area contributed by atoms with Gasteiger partial charge in [0, 0.05) is 11.3 Å². The van der Waals surface area contributed by atoms with Crippen LogP contribution in [0.25, 0.3) is 6.08 Å². The van der Waals surface area contributed by atoms with Gasteiger partial charge in [-0.3, -0.25) is 4.79 Å². The second kappa shape index (κ2) is 5.32. The Morgan fingerprint density at radius 1 is 1.47 bits per heavy atom. The number of hydrogen-bond donors (Lipinski definition) is 2. The Bertz CT molecular complexity index is 383. The van der Waals surface area contributed by atoms with Gasteiger partial charge in [0.25, 0.3) is 0 Å². The number of rotatable bonds is 4. The van der Waals surface area contributed by atoms with Gasteiger partial charge in [0.05, 0.1) is 0 Å². The summed E-state index contributed by atoms with van der Waals surface area (Å²) in [7, 11) is 0. The lowest BCUT2D eigenvalue weighted by Gasteiger charge is -2.02. The smallest absolute Gasteiger partial charge is 0.159 e. The van der Waals surface area contributed by atoms with E-state index in [-0.39, 0.29) is 5.78 Å². The third kappa shape index (κ3) is 3.22. The molecule has 0 aliphatic carbocycles. The fourth-order valence-electron chi connectivity index (χ4n) is 1.25. The number of carbonyl (C=O) groups is 1. The molecule has 0 amide bonds. The van der Waals surface area contributed by atoms with Crippen molar-refractivity contribution < 1.29 is 4.79 Å². The second-order valence-corrected chi connectivity index (χ2v) is 3.38. The number of ketones is 1. The van der Waals surface area contributed by atoms with E-state index in [2.05, 4.69) is 0 Å². The molecule has 4 N–H and O–H groups in total. The highest BCUT2D eigenvalue weighted by molar-refractivity contribution is 5.95. The number of Topliss-reactive ketones (excluding diaryl/α,β-unsaturated/α-hetero) is 1. The van der Waals surface area contributed by atoms with Crippen LogP contribution in [-0.2, 0) is 0 Å². The molecule has 0 heterocycles. The van der Waals surface area contributed by atoms with Gasteiger partial charge in [-0.2, -0.15) is 0 Å². The molecule has 1 rings (SSSR count). The largest absolute Gasteiger partial charge is 0.398 e. The maximum Gasteiger partial charge on any atom is 0.159 e. The van der Waals surface area contributed by atoms with Gasteiger partial charge in [0.2, 0.25) is 0 Å². The van der Waals surface area contributed by atoms with Crippen LogP contribution in [0, 0.1) is 0 Å². The third-order valence-electron chi connectivity index (χ3n) is 2.12. The Morgan fingerprint density at radius 2 is 2.20 bits per heavy atom. The molecule has 3 nitrogen and oxygen atoms in total. The standard InChI is InChI=1S/C12H16N2O/c1-9(15)11-6-5-10(12(14)8-11)4-2-3-7-13/h2,4-6,8H,3,7,13-14H2,1H3. The Kier molecular flexibility index (Phi) is 4.06. The number of carbonyl (C=O) groups excluding carboxylic acids is 1. The minimum Gasteiger partial charge on any atom is -0.398 e. The predicted octanol–water partition coefficient (Wildman–Crippen LogP) is 1.83. The highest BCUT2D eigenvalue weighted by atomic mass is 16.1. The summed E-state index contributed by atoms with van der Waals surface area (Å²) < 4.78 is 0. The summed E-state index contributed by atoms with van der Waals surface area (Å²) in [5.41, 5.74) is 13.4. The van der Waals surface area contributed by atoms with Crippen molar-refractivity contribution in [2.75, 3.05) is 12.3 Å². The minimum absolute atomic E-state index is 0.0270. The highest BCUT2D eigenvalue weighted by Gasteiger charge is 2.01. The van der Waals surface area contributed by atoms with Crippen molar-refractivity contribution in [3.8, 4) is 0 Å². The van der Waals surface area contributed by atoms with Crippen molar-refractivity contribution in [1.82, 2.24) is 0 Å². The molecule has 0 aliphatic heterocycles. The maximum atomic E-state index is 11.1. The molecule has 0 aromatic heterocycles. The lowest BCUT2D eigenvalue weighted by Crippen LogP contribution is -1.97. The molecule has 3 heteroatoms. The van der Waals surface area contributed by atoms with E-state index in [0.29, 0.717) is 17.8 Å². The van der Waals surface area contributed by atoms with Crippen molar-refractivity contribution >= 4 is 17.5 Å². The third-order valence-corrected chi connectivity index (χ3v) is 2.12. The van der Waals surface area contributed by atoms with Crippen molar-refractivity contribution in [1.29, 1.82) is 0 Å². The number of benzene rings is 1. The molecule has 15 heavy (non-hydrogen) atoms. The van der Waals surface area contributed by atoms with Crippen LogP contribution in [0.3, 0.4) is 0 Å². The van der Waals surface area contributed by atoms with Gasteiger partial charge in [-0.25, -0.2) is 0 Å². The summed E-state index contributed by atoms with van der Waals surface area (Å²) in [6, 6.07) is 5.32. The Morgan fingerprint density at radius 3 is 2.73 bits per heavy atom. The fraction of sp³-hybridized carbons (Fsp3) is 0.250. The van der Waals surface area contributed by atoms with E-state index in [9.17, 15) is 4.79 Å². The first kappa shape index (κ1) is 11.5. The van der Waals surface area contributed by atoms with Crippen LogP contribution in [0.15, 0.2) is 24.3 Å². The topological polar surface area (TPSA) is 69.1 Å². The first-order valence-corrected chi connectivity index (χ1v) is 4.92. The van der Waals surface area contributed by atoms with Crippen LogP contribution in [0.1, 0.15) is 29.3 Å². The zero-order valence-electron chi connectivity index (χ0n) is 8.86. The maximum absolute atomic E-state index is 11.1. The summed E-state index contributed by atoms with van der Waals surface area (Å²) >= 11 is 0. The van der Waals surface area contributed by atoms with Gasteiger partial charge in [-0.05, 0) is 31.5 Å². The van der Waals surface area contributed by atoms with Crippen LogP contribution < -0.4 is 11.5 Å². The van der Waals surface area contributed by atoms with Gasteiger partial charge < -0.3 is 11.5 Å². The Balaban J connectivity index is 2.88. The van der Waals surface area contributed by atoms with E-state index < -0.39 is 0 Å². The first-order chi connectivity index (χ1) is 7.15. The van der Waals surface area contributed by atoms with Crippen molar-refractivity contribution in [2.45, 2.75) is 13.3 Å². The van der Waals surface area contributed by atoms with Gasteiger partial charge >= 0.3 is 0 Å². The summed E-state index contributed by atoms with van der Waals surface area (Å²) in [6.45, 7) is 2.15. The van der Waals surface area contributed by atoms with E-state index in [1.54, 1.807) is 12.1 Å². The molecule has 0 spiro atoms. The molecular formula is C12H16N2O. The Hall–Kier alpha value is -1.61. The first-order valence-electron chi connectivity index (χ1n) is 4.92. The number of nitrogen functional groups attached to an aromatic ring is 1. The van der Waals surface area contributed by atoms with Crippen LogP contribution in [0.2, 0.25) is 0 Å². The quantitative estimate of drug-likeness (QED) is 0.580. The zero-order valence-corrected chi connectivity index (χ0v) is 8.86. The summed E-state index contributed by atoms with van der Waals surface area (Å²) in [5.74, 6) is 0.0270. The van der Waals surface area contributed by atoms with Gasteiger partial charge in [-0.1, -0.05) is 24.3 Å². The molecule has 0 aliphatic rings. The molecule has 80 valence electrons. The number of hydrogen-bond acceptors (Lipinski definition) is 3. The number of nitrogens with two attached hydrogens (primary N) is 2. The van der Waals surface area contributed by atoms with Crippen molar-refractivity contribution in [2.24, 2.45) is 5.73 Å². The SMILES string of the molecule is CC(=O)c1ccc(C=CCCN)c(N)c1. The molecule has 0 bridgehead atoms. The van der Waals surface area contributed by atoms with Crippen LogP contribution >= 0.6 is 0 Å². The fourth-order valence-corrected chi connectivity index (χ4v) is 1.25. The van der Waals surface area contributed by atoms with E-state index in [1.807, 2.05) is 18.2 Å². The molecule has 0 unspecified atom stereocenters. The van der Waals surface area contributed by atoms with Crippen LogP contribution in [0.5, 0.6) is 0 Å². The zero-order chi connectivity index (χ0) is 11.3. The lowest BCUT2D eigenvalue weighted by atomic mass is 10.1. The average molecular weight is 204 g/mol. The Labute approximate surface area is 89.8 Å². The van der Waals surface area contributed by atoms with E-state index in [1.165, 1.54) is 6.92 Å². The van der Waals surface area contributed by atoms with E-state index in [4.69, 9.17) is 11.5 Å². The molecule has 1 aromatic carbocycles. The summed E-state index contributed by atoms with van der Waals surface area (Å²) in [6.07, 6.45) is 4.72. The molecule has 0 saturated carbocycles. The predicted molar refractivity (Wildman–Crippen MR) is 63.6 cm³/mol. The minimum atomic E-state index is 0.0270. The van der Waals surface area contributed by atoms with Gasteiger partial charge in [0.15, 0.2) is 5.78 Å². The molecule has 1 aromatic rings. The molecule has 0 saturated heterocycles. The van der Waals surface area contributed by atoms with E-state index in [0.717, 1.165) is 12.0 Å². The highest BCUT2D eigenvalue weighted by Crippen LogP contribution is 2.16. The molecular weight excluding hydrogens is 188 g/mol. The molecule has 0 radical (unpaired) electrons. The van der Waals surface area contributed by atoms with Crippen LogP contribution in [-0.4, -0.2) is 12.3 Å². The normalized spacial score (nSPS) is 10.8. The molecule has 0 atom stereocenters. The summed E-state index contributed by atoms with van der Waals surface area (Å²) in [4.78, 5) is 11.1. The number of anilines is 1. The monoisotopic (exact) mass is 204 g/mol. The van der Waals surface area contributed by atoms with E-state index >= 15 is 0 Å². The lowest BCUT2D eigenvalue weighted by molar-refractivity contribution is 0.101. The van der Waals surface area contributed by atoms with Crippen molar-refractivity contribution in [3.05, 3.63) is 35.4 Å². The van der Waals surface area contributed by atoms with Crippen LogP contribution in [0.4, 0.5) is 5.69 Å². The van der Waals surface area contributed by atoms with Gasteiger partial charge in [0.1, 0.15) is 0 Å². The van der Waals surface area contributed by atoms with Gasteiger partial charge in [-0.15, -0.1) is 0 Å².